The molecule has 1 unspecified atom stereocenters. The lowest BCUT2D eigenvalue weighted by Gasteiger charge is -2.21. The molecule has 1 aliphatic rings. The van der Waals surface area contributed by atoms with Crippen molar-refractivity contribution in [3.8, 4) is 5.75 Å². The van der Waals surface area contributed by atoms with Crippen molar-refractivity contribution in [2.75, 3.05) is 18.0 Å². The molecular formula is C18H24N4O. The predicted octanol–water partition coefficient (Wildman–Crippen LogP) is 3.14. The summed E-state index contributed by atoms with van der Waals surface area (Å²) in [5.74, 6) is 2.79. The molecule has 3 heterocycles. The number of ether oxygens (including phenoxy) is 1. The van der Waals surface area contributed by atoms with Crippen molar-refractivity contribution >= 4 is 5.82 Å². The fraction of sp³-hybridized carbons (Fsp3) is 0.500. The molecule has 1 aliphatic heterocycles. The number of aryl methyl sites for hydroxylation is 1. The largest absolute Gasteiger partial charge is 0.488 e. The fourth-order valence-electron chi connectivity index (χ4n) is 2.69. The molecule has 23 heavy (non-hydrogen) atoms. The predicted molar refractivity (Wildman–Crippen MR) is 91.0 cm³/mol. The van der Waals surface area contributed by atoms with E-state index in [-0.39, 0.29) is 11.5 Å². The Hall–Kier alpha value is -2.17. The molecule has 0 spiro atoms. The standard InChI is InChI=1S/C18H24N4O/c1-13-11-19-8-5-15(13)23-14-7-10-22(12-14)16-6-9-20-17(21-16)18(2,3)4/h5-6,8-9,11,14H,7,10,12H2,1-4H3. The van der Waals surface area contributed by atoms with E-state index in [9.17, 15) is 0 Å². The molecule has 1 atom stereocenters. The number of anilines is 1. The highest BCUT2D eigenvalue weighted by atomic mass is 16.5. The first-order valence-corrected chi connectivity index (χ1v) is 8.09. The van der Waals surface area contributed by atoms with Crippen LogP contribution in [-0.2, 0) is 5.41 Å². The second-order valence-electron chi connectivity index (χ2n) is 7.10. The number of nitrogens with zero attached hydrogens (tertiary/aromatic N) is 4. The first-order chi connectivity index (χ1) is 10.9. The van der Waals surface area contributed by atoms with Gasteiger partial charge in [-0.3, -0.25) is 4.98 Å². The van der Waals surface area contributed by atoms with E-state index in [1.54, 1.807) is 6.20 Å². The van der Waals surface area contributed by atoms with Crippen LogP contribution in [0.5, 0.6) is 5.75 Å². The minimum atomic E-state index is -0.0419. The summed E-state index contributed by atoms with van der Waals surface area (Å²) in [5.41, 5.74) is 1.03. The van der Waals surface area contributed by atoms with Gasteiger partial charge in [0, 0.05) is 42.5 Å². The van der Waals surface area contributed by atoms with E-state index >= 15 is 0 Å². The molecular weight excluding hydrogens is 288 g/mol. The number of pyridine rings is 1. The molecule has 0 radical (unpaired) electrons. The molecule has 2 aromatic heterocycles. The van der Waals surface area contributed by atoms with Crippen LogP contribution in [0, 0.1) is 6.92 Å². The second-order valence-corrected chi connectivity index (χ2v) is 7.10. The van der Waals surface area contributed by atoms with Gasteiger partial charge < -0.3 is 9.64 Å². The van der Waals surface area contributed by atoms with E-state index in [0.29, 0.717) is 0 Å². The molecule has 0 N–H and O–H groups in total. The Morgan fingerprint density at radius 2 is 2.04 bits per heavy atom. The highest BCUT2D eigenvalue weighted by Gasteiger charge is 2.26. The fourth-order valence-corrected chi connectivity index (χ4v) is 2.69. The van der Waals surface area contributed by atoms with Gasteiger partial charge in [-0.1, -0.05) is 20.8 Å². The SMILES string of the molecule is Cc1cnccc1OC1CCN(c2ccnc(C(C)(C)C)n2)C1. The molecule has 0 aliphatic carbocycles. The number of hydrogen-bond acceptors (Lipinski definition) is 5. The summed E-state index contributed by atoms with van der Waals surface area (Å²) in [4.78, 5) is 15.5. The normalized spacial score (nSPS) is 18.3. The molecule has 2 aromatic rings. The molecule has 0 amide bonds. The van der Waals surface area contributed by atoms with Crippen LogP contribution in [0.4, 0.5) is 5.82 Å². The van der Waals surface area contributed by atoms with Crippen LogP contribution >= 0.6 is 0 Å². The van der Waals surface area contributed by atoms with Crippen molar-refractivity contribution < 1.29 is 4.74 Å². The van der Waals surface area contributed by atoms with Gasteiger partial charge in [-0.25, -0.2) is 9.97 Å². The quantitative estimate of drug-likeness (QED) is 0.871. The number of hydrogen-bond donors (Lipinski definition) is 0. The maximum Gasteiger partial charge on any atom is 0.135 e. The Morgan fingerprint density at radius 1 is 1.22 bits per heavy atom. The first-order valence-electron chi connectivity index (χ1n) is 8.09. The summed E-state index contributed by atoms with van der Waals surface area (Å²) in [7, 11) is 0. The third-order valence-corrected chi connectivity index (χ3v) is 4.04. The van der Waals surface area contributed by atoms with Gasteiger partial charge in [0.25, 0.3) is 0 Å². The Morgan fingerprint density at radius 3 is 2.78 bits per heavy atom. The molecule has 0 saturated carbocycles. The van der Waals surface area contributed by atoms with Crippen molar-refractivity contribution in [3.63, 3.8) is 0 Å². The number of aromatic nitrogens is 3. The van der Waals surface area contributed by atoms with Gasteiger partial charge in [0.2, 0.25) is 0 Å². The summed E-state index contributed by atoms with van der Waals surface area (Å²) in [6.07, 6.45) is 6.64. The van der Waals surface area contributed by atoms with Gasteiger partial charge in [-0.05, 0) is 19.1 Å². The molecule has 5 heteroatoms. The van der Waals surface area contributed by atoms with Crippen LogP contribution in [-0.4, -0.2) is 34.1 Å². The van der Waals surface area contributed by atoms with Crippen LogP contribution in [0.15, 0.2) is 30.7 Å². The van der Waals surface area contributed by atoms with Gasteiger partial charge >= 0.3 is 0 Å². The Bertz CT molecular complexity index is 681. The maximum absolute atomic E-state index is 6.13. The molecule has 0 aromatic carbocycles. The summed E-state index contributed by atoms with van der Waals surface area (Å²) < 4.78 is 6.13. The molecule has 122 valence electrons. The third kappa shape index (κ3) is 3.60. The minimum Gasteiger partial charge on any atom is -0.488 e. The van der Waals surface area contributed by atoms with E-state index in [0.717, 1.165) is 42.5 Å². The minimum absolute atomic E-state index is 0.0419. The van der Waals surface area contributed by atoms with Crippen molar-refractivity contribution in [1.82, 2.24) is 15.0 Å². The van der Waals surface area contributed by atoms with Crippen LogP contribution < -0.4 is 9.64 Å². The van der Waals surface area contributed by atoms with Gasteiger partial charge in [0.15, 0.2) is 0 Å². The first kappa shape index (κ1) is 15.7. The lowest BCUT2D eigenvalue weighted by molar-refractivity contribution is 0.223. The molecule has 5 nitrogen and oxygen atoms in total. The molecule has 0 bridgehead atoms. The van der Waals surface area contributed by atoms with Crippen molar-refractivity contribution in [2.24, 2.45) is 0 Å². The highest BCUT2D eigenvalue weighted by molar-refractivity contribution is 5.40. The highest BCUT2D eigenvalue weighted by Crippen LogP contribution is 2.25. The van der Waals surface area contributed by atoms with Crippen molar-refractivity contribution in [3.05, 3.63) is 42.1 Å². The topological polar surface area (TPSA) is 51.1 Å². The maximum atomic E-state index is 6.13. The average Bonchev–Trinajstić information content (AvgIpc) is 2.98. The van der Waals surface area contributed by atoms with E-state index in [1.807, 2.05) is 31.5 Å². The molecule has 1 fully saturated rings. The zero-order chi connectivity index (χ0) is 16.4. The Balaban J connectivity index is 1.69. The Labute approximate surface area is 137 Å². The average molecular weight is 312 g/mol. The summed E-state index contributed by atoms with van der Waals surface area (Å²) >= 11 is 0. The Kier molecular flexibility index (Phi) is 4.20. The summed E-state index contributed by atoms with van der Waals surface area (Å²) in [6.45, 7) is 10.2. The van der Waals surface area contributed by atoms with E-state index in [4.69, 9.17) is 9.72 Å². The zero-order valence-corrected chi connectivity index (χ0v) is 14.3. The van der Waals surface area contributed by atoms with Crippen LogP contribution in [0.1, 0.15) is 38.6 Å². The lowest BCUT2D eigenvalue weighted by atomic mass is 9.96. The van der Waals surface area contributed by atoms with E-state index in [1.165, 1.54) is 0 Å². The van der Waals surface area contributed by atoms with Crippen LogP contribution in [0.2, 0.25) is 0 Å². The number of rotatable bonds is 3. The van der Waals surface area contributed by atoms with Crippen molar-refractivity contribution in [1.29, 1.82) is 0 Å². The summed E-state index contributed by atoms with van der Waals surface area (Å²) in [5, 5.41) is 0. The van der Waals surface area contributed by atoms with E-state index < -0.39 is 0 Å². The monoisotopic (exact) mass is 312 g/mol. The van der Waals surface area contributed by atoms with E-state index in [2.05, 4.69) is 35.6 Å². The third-order valence-electron chi connectivity index (χ3n) is 4.04. The zero-order valence-electron chi connectivity index (χ0n) is 14.3. The smallest absolute Gasteiger partial charge is 0.135 e. The van der Waals surface area contributed by atoms with Crippen LogP contribution in [0.25, 0.3) is 0 Å². The molecule has 3 rings (SSSR count). The molecule has 1 saturated heterocycles. The lowest BCUT2D eigenvalue weighted by Crippen LogP contribution is -2.26. The van der Waals surface area contributed by atoms with Gasteiger partial charge in [-0.15, -0.1) is 0 Å². The second kappa shape index (κ2) is 6.14. The summed E-state index contributed by atoms with van der Waals surface area (Å²) in [6, 6.07) is 3.91. The van der Waals surface area contributed by atoms with Crippen LogP contribution in [0.3, 0.4) is 0 Å². The van der Waals surface area contributed by atoms with Gasteiger partial charge in [0.05, 0.1) is 6.54 Å². The van der Waals surface area contributed by atoms with Gasteiger partial charge in [0.1, 0.15) is 23.5 Å². The van der Waals surface area contributed by atoms with Gasteiger partial charge in [-0.2, -0.15) is 0 Å². The van der Waals surface area contributed by atoms with Crippen molar-refractivity contribution in [2.45, 2.75) is 45.6 Å².